The van der Waals surface area contributed by atoms with Crippen LogP contribution in [-0.2, 0) is 12.7 Å². The lowest BCUT2D eigenvalue weighted by Gasteiger charge is -2.24. The average molecular weight is 306 g/mol. The van der Waals surface area contributed by atoms with E-state index in [2.05, 4.69) is 5.32 Å². The maximum Gasteiger partial charge on any atom is 0.418 e. The smallest absolute Gasteiger partial charge is 0.373 e. The minimum absolute atomic E-state index is 0.242. The minimum atomic E-state index is -4.33. The van der Waals surface area contributed by atoms with Gasteiger partial charge in [0.1, 0.15) is 0 Å². The summed E-state index contributed by atoms with van der Waals surface area (Å²) in [4.78, 5) is 1.66. The van der Waals surface area contributed by atoms with E-state index in [0.717, 1.165) is 12.3 Å². The van der Waals surface area contributed by atoms with Gasteiger partial charge in [0, 0.05) is 31.6 Å². The van der Waals surface area contributed by atoms with E-state index in [4.69, 9.17) is 0 Å². The van der Waals surface area contributed by atoms with Gasteiger partial charge in [0.15, 0.2) is 0 Å². The van der Waals surface area contributed by atoms with E-state index in [1.807, 2.05) is 13.2 Å². The van der Waals surface area contributed by atoms with Gasteiger partial charge in [0.2, 0.25) is 0 Å². The van der Waals surface area contributed by atoms with Gasteiger partial charge < -0.3 is 10.2 Å². The summed E-state index contributed by atoms with van der Waals surface area (Å²) in [5, 5.41) is 3.04. The summed E-state index contributed by atoms with van der Waals surface area (Å²) < 4.78 is 39.5. The van der Waals surface area contributed by atoms with Crippen molar-refractivity contribution in [2.24, 2.45) is 0 Å². The van der Waals surface area contributed by atoms with Gasteiger partial charge in [-0.25, -0.2) is 0 Å². The zero-order valence-electron chi connectivity index (χ0n) is 12.0. The molecule has 0 radical (unpaired) electrons. The Bertz CT molecular complexity index is 421. The number of hydrogen-bond donors (Lipinski definition) is 1. The van der Waals surface area contributed by atoms with Crippen molar-refractivity contribution in [2.75, 3.05) is 37.0 Å². The molecule has 0 bridgehead atoms. The molecule has 20 heavy (non-hydrogen) atoms. The maximum absolute atomic E-state index is 13.2. The fourth-order valence-electron chi connectivity index (χ4n) is 1.87. The van der Waals surface area contributed by atoms with Crippen LogP contribution in [0.1, 0.15) is 18.1 Å². The molecule has 1 N–H and O–H groups in total. The lowest BCUT2D eigenvalue weighted by molar-refractivity contribution is -0.137. The van der Waals surface area contributed by atoms with Crippen molar-refractivity contribution < 1.29 is 13.2 Å². The van der Waals surface area contributed by atoms with Crippen LogP contribution < -0.4 is 10.2 Å². The minimum Gasteiger partial charge on any atom is -0.373 e. The Labute approximate surface area is 122 Å². The molecule has 0 heterocycles. The molecule has 0 aliphatic carbocycles. The van der Waals surface area contributed by atoms with Crippen LogP contribution in [0.2, 0.25) is 0 Å². The highest BCUT2D eigenvalue weighted by atomic mass is 32.2. The van der Waals surface area contributed by atoms with Gasteiger partial charge in [0.05, 0.1) is 5.56 Å². The number of alkyl halides is 3. The fourth-order valence-corrected chi connectivity index (χ4v) is 2.33. The first-order valence-electron chi connectivity index (χ1n) is 6.51. The number of halogens is 3. The van der Waals surface area contributed by atoms with Crippen LogP contribution in [0.3, 0.4) is 0 Å². The Balaban J connectivity index is 3.04. The normalized spacial score (nSPS) is 11.7. The van der Waals surface area contributed by atoms with Crippen LogP contribution in [0.4, 0.5) is 18.9 Å². The van der Waals surface area contributed by atoms with Crippen molar-refractivity contribution in [1.82, 2.24) is 5.32 Å². The van der Waals surface area contributed by atoms with Crippen molar-refractivity contribution in [3.05, 3.63) is 29.3 Å². The van der Waals surface area contributed by atoms with E-state index in [-0.39, 0.29) is 5.69 Å². The number of rotatable bonds is 7. The third-order valence-corrected chi connectivity index (χ3v) is 3.58. The summed E-state index contributed by atoms with van der Waals surface area (Å²) in [7, 11) is 1.70. The zero-order chi connectivity index (χ0) is 15.2. The SMILES string of the molecule is CCNCc1ccc(N(C)CCSC)c(C(F)(F)F)c1. The van der Waals surface area contributed by atoms with Gasteiger partial charge in [-0.3, -0.25) is 0 Å². The molecule has 6 heteroatoms. The first kappa shape index (κ1) is 17.2. The molecule has 2 nitrogen and oxygen atoms in total. The fraction of sp³-hybridized carbons (Fsp3) is 0.571. The molecule has 0 spiro atoms. The Morgan fingerprint density at radius 2 is 2.00 bits per heavy atom. The highest BCUT2D eigenvalue weighted by molar-refractivity contribution is 7.98. The summed E-state index contributed by atoms with van der Waals surface area (Å²) in [6.45, 7) is 3.71. The van der Waals surface area contributed by atoms with E-state index < -0.39 is 11.7 Å². The molecule has 0 aromatic heterocycles. The van der Waals surface area contributed by atoms with Gasteiger partial charge in [-0.2, -0.15) is 24.9 Å². The summed E-state index contributed by atoms with van der Waals surface area (Å²) in [5.74, 6) is 0.799. The van der Waals surface area contributed by atoms with Crippen molar-refractivity contribution >= 4 is 17.4 Å². The average Bonchev–Trinajstić information content (AvgIpc) is 2.41. The molecule has 0 aliphatic heterocycles. The maximum atomic E-state index is 13.2. The highest BCUT2D eigenvalue weighted by Gasteiger charge is 2.34. The summed E-state index contributed by atoms with van der Waals surface area (Å²) >= 11 is 1.62. The molecule has 0 unspecified atom stereocenters. The standard InChI is InChI=1S/C14H21F3N2S/c1-4-18-10-11-5-6-13(19(2)7-8-20-3)12(9-11)14(15,16)17/h5-6,9,18H,4,7-8,10H2,1-3H3. The molecule has 0 fully saturated rings. The predicted molar refractivity (Wildman–Crippen MR) is 80.5 cm³/mol. The molecule has 1 aromatic rings. The Hall–Kier alpha value is -0.880. The second-order valence-electron chi connectivity index (χ2n) is 4.54. The summed E-state index contributed by atoms with van der Waals surface area (Å²) in [6, 6.07) is 4.56. The Morgan fingerprint density at radius 3 is 2.55 bits per heavy atom. The van der Waals surface area contributed by atoms with Gasteiger partial charge in [0.25, 0.3) is 0 Å². The van der Waals surface area contributed by atoms with Crippen LogP contribution in [0, 0.1) is 0 Å². The van der Waals surface area contributed by atoms with E-state index in [1.54, 1.807) is 35.8 Å². The van der Waals surface area contributed by atoms with Crippen molar-refractivity contribution in [1.29, 1.82) is 0 Å². The lowest BCUT2D eigenvalue weighted by atomic mass is 10.1. The highest BCUT2D eigenvalue weighted by Crippen LogP contribution is 2.37. The molecule has 0 saturated carbocycles. The molecule has 114 valence electrons. The number of nitrogens with one attached hydrogen (secondary N) is 1. The van der Waals surface area contributed by atoms with Crippen LogP contribution in [0.25, 0.3) is 0 Å². The van der Waals surface area contributed by atoms with Crippen molar-refractivity contribution in [3.8, 4) is 0 Å². The molecular weight excluding hydrogens is 285 g/mol. The van der Waals surface area contributed by atoms with E-state index in [1.165, 1.54) is 6.07 Å². The Kier molecular flexibility index (Phi) is 6.68. The molecule has 0 atom stereocenters. The van der Waals surface area contributed by atoms with Crippen LogP contribution in [-0.4, -0.2) is 32.1 Å². The molecular formula is C14H21F3N2S. The number of thioether (sulfide) groups is 1. The molecule has 0 saturated heterocycles. The molecule has 0 aliphatic rings. The van der Waals surface area contributed by atoms with Crippen LogP contribution in [0.15, 0.2) is 18.2 Å². The predicted octanol–water partition coefficient (Wildman–Crippen LogP) is 3.61. The molecule has 1 aromatic carbocycles. The quantitative estimate of drug-likeness (QED) is 0.828. The number of hydrogen-bond acceptors (Lipinski definition) is 3. The second-order valence-corrected chi connectivity index (χ2v) is 5.53. The van der Waals surface area contributed by atoms with Gasteiger partial charge in [-0.15, -0.1) is 0 Å². The van der Waals surface area contributed by atoms with Crippen LogP contribution >= 0.6 is 11.8 Å². The molecule has 0 amide bonds. The second kappa shape index (κ2) is 7.78. The van der Waals surface area contributed by atoms with Gasteiger partial charge >= 0.3 is 6.18 Å². The number of benzene rings is 1. The molecule has 1 rings (SSSR count). The van der Waals surface area contributed by atoms with E-state index in [9.17, 15) is 13.2 Å². The van der Waals surface area contributed by atoms with Crippen molar-refractivity contribution in [3.63, 3.8) is 0 Å². The first-order valence-corrected chi connectivity index (χ1v) is 7.90. The van der Waals surface area contributed by atoms with Crippen molar-refractivity contribution in [2.45, 2.75) is 19.6 Å². The number of nitrogens with zero attached hydrogens (tertiary/aromatic N) is 1. The van der Waals surface area contributed by atoms with E-state index in [0.29, 0.717) is 18.7 Å². The first-order chi connectivity index (χ1) is 9.40. The van der Waals surface area contributed by atoms with Crippen LogP contribution in [0.5, 0.6) is 0 Å². The topological polar surface area (TPSA) is 15.3 Å². The number of anilines is 1. The summed E-state index contributed by atoms with van der Waals surface area (Å²) in [6.07, 6.45) is -2.39. The third kappa shape index (κ3) is 4.90. The third-order valence-electron chi connectivity index (χ3n) is 2.99. The largest absolute Gasteiger partial charge is 0.418 e. The summed E-state index contributed by atoms with van der Waals surface area (Å²) in [5.41, 5.74) is 0.337. The zero-order valence-corrected chi connectivity index (χ0v) is 12.9. The van der Waals surface area contributed by atoms with Gasteiger partial charge in [-0.1, -0.05) is 13.0 Å². The Morgan fingerprint density at radius 1 is 1.30 bits per heavy atom. The van der Waals surface area contributed by atoms with E-state index >= 15 is 0 Å². The lowest BCUT2D eigenvalue weighted by Crippen LogP contribution is -2.24. The monoisotopic (exact) mass is 306 g/mol. The van der Waals surface area contributed by atoms with Gasteiger partial charge in [-0.05, 0) is 30.5 Å².